The van der Waals surface area contributed by atoms with Gasteiger partial charge >= 0.3 is 23.9 Å². The predicted molar refractivity (Wildman–Crippen MR) is 292 cm³/mol. The molecular weight excluding hydrogens is 909 g/mol. The molecule has 364 valence electrons. The van der Waals surface area contributed by atoms with E-state index in [1.165, 1.54) is 22.8 Å². The maximum absolute atomic E-state index is 13.4. The molecule has 0 aliphatic rings. The first-order valence-electron chi connectivity index (χ1n) is 24.5. The molecule has 0 aliphatic heterocycles. The van der Waals surface area contributed by atoms with Crippen LogP contribution in [-0.2, 0) is 44.9 Å². The zero-order chi connectivity index (χ0) is 50.9. The first-order chi connectivity index (χ1) is 35.6. The summed E-state index contributed by atoms with van der Waals surface area (Å²) in [4.78, 5) is 48.4. The molecule has 0 unspecified atom stereocenters. The quantitative estimate of drug-likeness (QED) is 0.0286. The van der Waals surface area contributed by atoms with Gasteiger partial charge in [0, 0.05) is 24.3 Å². The van der Waals surface area contributed by atoms with Crippen LogP contribution in [-0.4, -0.2) is 23.9 Å². The largest absolute Gasteiger partial charge is 0.423 e. The van der Waals surface area contributed by atoms with Crippen LogP contribution in [0.4, 0.5) is 0 Å². The third-order valence-corrected chi connectivity index (χ3v) is 12.6. The van der Waals surface area contributed by atoms with E-state index in [1.807, 2.05) is 54.6 Å². The molecule has 0 N–H and O–H groups in total. The molecule has 8 nitrogen and oxygen atoms in total. The van der Waals surface area contributed by atoms with Gasteiger partial charge < -0.3 is 18.9 Å². The van der Waals surface area contributed by atoms with Gasteiger partial charge in [0.15, 0.2) is 0 Å². The number of esters is 4. The summed E-state index contributed by atoms with van der Waals surface area (Å²) in [6.07, 6.45) is 15.5. The number of hydrogen-bond donors (Lipinski definition) is 0. The second-order valence-electron chi connectivity index (χ2n) is 17.8. The third kappa shape index (κ3) is 14.4. The Labute approximate surface area is 426 Å². The molecule has 0 aliphatic carbocycles. The fourth-order valence-electron chi connectivity index (χ4n) is 8.71. The fourth-order valence-corrected chi connectivity index (χ4v) is 8.71. The first kappa shape index (κ1) is 50.5. The number of carbonyl (C=O) groups is 4. The minimum Gasteiger partial charge on any atom is -0.423 e. The fraction of sp³-hybridized carbons (Fsp3) is 0.138. The van der Waals surface area contributed by atoms with Crippen LogP contribution in [0.1, 0.15) is 59.9 Å². The number of unbranched alkanes of at least 4 members (excludes halogenated alkanes) is 3. The Balaban J connectivity index is 0.867. The molecule has 8 aromatic rings. The molecule has 0 heterocycles. The lowest BCUT2D eigenvalue weighted by Gasteiger charge is -2.11. The van der Waals surface area contributed by atoms with Crippen molar-refractivity contribution in [3.63, 3.8) is 0 Å². The summed E-state index contributed by atoms with van der Waals surface area (Å²) < 4.78 is 21.7. The van der Waals surface area contributed by atoms with Crippen molar-refractivity contribution in [3.05, 3.63) is 236 Å². The summed E-state index contributed by atoms with van der Waals surface area (Å²) in [5.74, 6) is -0.124. The van der Waals surface area contributed by atoms with E-state index in [0.717, 1.165) is 131 Å². The van der Waals surface area contributed by atoms with E-state index < -0.39 is 23.9 Å². The molecule has 73 heavy (non-hydrogen) atoms. The highest BCUT2D eigenvalue weighted by molar-refractivity contribution is 5.92. The molecule has 8 heteroatoms. The molecule has 0 bridgehead atoms. The van der Waals surface area contributed by atoms with E-state index in [9.17, 15) is 19.2 Å². The highest BCUT2D eigenvalue weighted by atomic mass is 16.5. The topological polar surface area (TPSA) is 105 Å². The maximum atomic E-state index is 13.4. The summed E-state index contributed by atoms with van der Waals surface area (Å²) in [7, 11) is 0. The molecule has 0 atom stereocenters. The molecule has 0 spiro atoms. The van der Waals surface area contributed by atoms with Crippen LogP contribution in [0, 0.1) is 0 Å². The lowest BCUT2D eigenvalue weighted by molar-refractivity contribution is -0.129. The predicted octanol–water partition coefficient (Wildman–Crippen LogP) is 14.7. The summed E-state index contributed by atoms with van der Waals surface area (Å²) >= 11 is 0. The number of rotatable bonds is 22. The minimum atomic E-state index is -0.533. The molecule has 8 rings (SSSR count). The normalized spacial score (nSPS) is 11.0. The first-order valence-corrected chi connectivity index (χ1v) is 24.5. The SMILES string of the molecule is C=CC(=O)Oc1ccc(-c2ccc(CCCCc3ccc(-c4ccc(OC(=O)C=C)cc4)c(C=CC(=O)Oc4ccc5ccc(CCCCCc6ccc7ccc(OC(=O)C=C)cc7c6)cc5c4)c3)cc2)cc1. The van der Waals surface area contributed by atoms with Gasteiger partial charge in [0.2, 0.25) is 0 Å². The van der Waals surface area contributed by atoms with Crippen LogP contribution in [0.25, 0.3) is 49.9 Å². The summed E-state index contributed by atoms with van der Waals surface area (Å²) in [6.45, 7) is 10.4. The smallest absolute Gasteiger partial charge is 0.336 e. The second-order valence-corrected chi connectivity index (χ2v) is 17.8. The van der Waals surface area contributed by atoms with Crippen LogP contribution in [0.5, 0.6) is 23.0 Å². The monoisotopic (exact) mass is 964 g/mol. The number of hydrogen-bond acceptors (Lipinski definition) is 8. The Morgan fingerprint density at radius 1 is 0.342 bits per heavy atom. The number of aryl methyl sites for hydroxylation is 4. The second kappa shape index (κ2) is 24.8. The molecule has 0 amide bonds. The van der Waals surface area contributed by atoms with Gasteiger partial charge in [0.25, 0.3) is 0 Å². The number of fused-ring (bicyclic) bond motifs is 2. The van der Waals surface area contributed by atoms with Crippen molar-refractivity contribution >= 4 is 51.5 Å². The van der Waals surface area contributed by atoms with E-state index >= 15 is 0 Å². The average Bonchev–Trinajstić information content (AvgIpc) is 3.41. The van der Waals surface area contributed by atoms with Crippen LogP contribution in [0.15, 0.2) is 208 Å². The Bertz CT molecular complexity index is 3330. The standard InChI is InChI=1S/C65H56O8/c1-4-62(66)70-57-32-25-50(26-33-57)49-21-16-45(17-22-49)12-10-11-15-48-20-38-61(53-29-34-58(35-30-53)71-63(67)5-2)54(40-48)31-39-65(69)73-60-37-28-52-24-19-47(42-56(52)44-60)14-9-7-8-13-46-18-23-51-27-36-59(43-55(51)41-46)72-64(68)6-3/h4-6,16-44H,1-3,7-15H2. The van der Waals surface area contributed by atoms with E-state index in [-0.39, 0.29) is 0 Å². The lowest BCUT2D eigenvalue weighted by Crippen LogP contribution is -2.04. The van der Waals surface area contributed by atoms with Crippen molar-refractivity contribution < 1.29 is 38.1 Å². The van der Waals surface area contributed by atoms with Crippen molar-refractivity contribution in [2.45, 2.75) is 57.8 Å². The summed E-state index contributed by atoms with van der Waals surface area (Å²) in [5, 5.41) is 4.20. The van der Waals surface area contributed by atoms with Crippen LogP contribution in [0.2, 0.25) is 0 Å². The lowest BCUT2D eigenvalue weighted by atomic mass is 9.95. The number of ether oxygens (including phenoxy) is 4. The molecule has 0 aromatic heterocycles. The van der Waals surface area contributed by atoms with Crippen molar-refractivity contribution in [1.29, 1.82) is 0 Å². The van der Waals surface area contributed by atoms with Crippen LogP contribution in [0.3, 0.4) is 0 Å². The van der Waals surface area contributed by atoms with Crippen molar-refractivity contribution in [3.8, 4) is 45.3 Å². The Morgan fingerprint density at radius 2 is 0.712 bits per heavy atom. The third-order valence-electron chi connectivity index (χ3n) is 12.6. The maximum Gasteiger partial charge on any atom is 0.336 e. The van der Waals surface area contributed by atoms with Gasteiger partial charge in [-0.3, -0.25) is 0 Å². The van der Waals surface area contributed by atoms with E-state index in [1.54, 1.807) is 36.4 Å². The van der Waals surface area contributed by atoms with Crippen molar-refractivity contribution in [2.75, 3.05) is 0 Å². The van der Waals surface area contributed by atoms with E-state index in [0.29, 0.717) is 23.0 Å². The molecule has 0 fully saturated rings. The number of carbonyl (C=O) groups excluding carboxylic acids is 4. The molecule has 0 radical (unpaired) electrons. The Morgan fingerprint density at radius 3 is 1.22 bits per heavy atom. The van der Waals surface area contributed by atoms with Crippen molar-refractivity contribution in [2.24, 2.45) is 0 Å². The Kier molecular flexibility index (Phi) is 17.2. The highest BCUT2D eigenvalue weighted by Gasteiger charge is 2.11. The molecular formula is C65H56O8. The van der Waals surface area contributed by atoms with Crippen LogP contribution < -0.4 is 18.9 Å². The zero-order valence-electron chi connectivity index (χ0n) is 40.7. The number of benzene rings is 8. The molecule has 0 saturated heterocycles. The molecule has 0 saturated carbocycles. The van der Waals surface area contributed by atoms with E-state index in [2.05, 4.69) is 98.6 Å². The van der Waals surface area contributed by atoms with E-state index in [4.69, 9.17) is 18.9 Å². The molecule has 8 aromatic carbocycles. The zero-order valence-corrected chi connectivity index (χ0v) is 40.7. The van der Waals surface area contributed by atoms with Gasteiger partial charge in [0.05, 0.1) is 0 Å². The Hall–Kier alpha value is -8.88. The highest BCUT2D eigenvalue weighted by Crippen LogP contribution is 2.31. The van der Waals surface area contributed by atoms with Gasteiger partial charge in [-0.25, -0.2) is 19.2 Å². The van der Waals surface area contributed by atoms with Gasteiger partial charge in [-0.15, -0.1) is 0 Å². The van der Waals surface area contributed by atoms with Crippen LogP contribution >= 0.6 is 0 Å². The van der Waals surface area contributed by atoms with Gasteiger partial charge in [0.1, 0.15) is 23.0 Å². The van der Waals surface area contributed by atoms with Gasteiger partial charge in [-0.1, -0.05) is 141 Å². The van der Waals surface area contributed by atoms with Crippen molar-refractivity contribution in [1.82, 2.24) is 0 Å². The average molecular weight is 965 g/mol. The van der Waals surface area contributed by atoms with Gasteiger partial charge in [-0.2, -0.15) is 0 Å². The minimum absolute atomic E-state index is 0.409. The van der Waals surface area contributed by atoms with Gasteiger partial charge in [-0.05, 0) is 178 Å². The summed E-state index contributed by atoms with van der Waals surface area (Å²) in [5.41, 5.74) is 9.65. The summed E-state index contributed by atoms with van der Waals surface area (Å²) in [6, 6.07) is 53.7.